The molecule has 0 saturated carbocycles. The fourth-order valence-corrected chi connectivity index (χ4v) is 6.65. The largest absolute Gasteiger partial charge is 0.456 e. The summed E-state index contributed by atoms with van der Waals surface area (Å²) >= 11 is 6.53. The van der Waals surface area contributed by atoms with Crippen LogP contribution in [0.15, 0.2) is 138 Å². The van der Waals surface area contributed by atoms with Crippen LogP contribution >= 0.6 is 11.6 Å². The molecular formula is C39H22ClN3O. The number of para-hydroxylation sites is 1. The van der Waals surface area contributed by atoms with Crippen LogP contribution in [-0.4, -0.2) is 15.0 Å². The average Bonchev–Trinajstić information content (AvgIpc) is 3.47. The molecule has 0 radical (unpaired) electrons. The zero-order valence-corrected chi connectivity index (χ0v) is 24.1. The van der Waals surface area contributed by atoms with Gasteiger partial charge in [0.05, 0.1) is 0 Å². The molecule has 0 saturated heterocycles. The van der Waals surface area contributed by atoms with Gasteiger partial charge in [-0.25, -0.2) is 4.98 Å². The smallest absolute Gasteiger partial charge is 0.226 e. The second kappa shape index (κ2) is 9.73. The molecule has 0 aliphatic rings. The van der Waals surface area contributed by atoms with Crippen molar-refractivity contribution in [3.63, 3.8) is 0 Å². The van der Waals surface area contributed by atoms with E-state index >= 15 is 0 Å². The Hall–Kier alpha value is -5.58. The van der Waals surface area contributed by atoms with Crippen molar-refractivity contribution in [3.05, 3.63) is 139 Å². The van der Waals surface area contributed by atoms with Crippen molar-refractivity contribution < 1.29 is 4.42 Å². The third-order valence-corrected chi connectivity index (χ3v) is 8.62. The molecule has 9 rings (SSSR count). The number of nitrogens with zero attached hydrogens (tertiary/aromatic N) is 3. The lowest BCUT2D eigenvalue weighted by Gasteiger charge is -2.12. The Morgan fingerprint density at radius 1 is 0.409 bits per heavy atom. The van der Waals surface area contributed by atoms with Crippen LogP contribution in [0.25, 0.3) is 88.2 Å². The average molecular weight is 584 g/mol. The Bertz CT molecular complexity index is 2550. The lowest BCUT2D eigenvalue weighted by molar-refractivity contribution is 0.669. The van der Waals surface area contributed by atoms with E-state index in [4.69, 9.17) is 21.0 Å². The third kappa shape index (κ3) is 3.89. The van der Waals surface area contributed by atoms with Gasteiger partial charge in [-0.2, -0.15) is 9.97 Å². The molecule has 2 heterocycles. The fourth-order valence-electron chi connectivity index (χ4n) is 6.49. The van der Waals surface area contributed by atoms with E-state index in [1.165, 1.54) is 32.3 Å². The maximum atomic E-state index is 6.53. The van der Waals surface area contributed by atoms with Gasteiger partial charge in [0.1, 0.15) is 11.2 Å². The van der Waals surface area contributed by atoms with Crippen LogP contribution in [0.4, 0.5) is 0 Å². The number of fused-ring (bicyclic) bond motifs is 9. The second-order valence-electron chi connectivity index (χ2n) is 11.0. The van der Waals surface area contributed by atoms with Gasteiger partial charge < -0.3 is 4.42 Å². The Morgan fingerprint density at radius 3 is 1.75 bits per heavy atom. The first-order valence-electron chi connectivity index (χ1n) is 14.5. The van der Waals surface area contributed by atoms with Gasteiger partial charge in [0.2, 0.25) is 5.28 Å². The van der Waals surface area contributed by atoms with E-state index in [2.05, 4.69) is 88.8 Å². The molecule has 0 amide bonds. The molecular weight excluding hydrogens is 562 g/mol. The van der Waals surface area contributed by atoms with Gasteiger partial charge >= 0.3 is 0 Å². The van der Waals surface area contributed by atoms with Crippen molar-refractivity contribution in [3.8, 4) is 33.9 Å². The van der Waals surface area contributed by atoms with E-state index in [0.29, 0.717) is 11.6 Å². The Labute approximate surface area is 257 Å². The summed E-state index contributed by atoms with van der Waals surface area (Å²) in [7, 11) is 0. The summed E-state index contributed by atoms with van der Waals surface area (Å²) < 4.78 is 6.10. The van der Waals surface area contributed by atoms with Crippen LogP contribution < -0.4 is 0 Å². The highest BCUT2D eigenvalue weighted by atomic mass is 35.5. The number of hydrogen-bond acceptors (Lipinski definition) is 4. The molecule has 0 spiro atoms. The number of rotatable bonds is 3. The predicted octanol–water partition coefficient (Wildman–Crippen LogP) is 10.9. The van der Waals surface area contributed by atoms with Crippen LogP contribution in [0.2, 0.25) is 5.28 Å². The molecule has 0 bridgehead atoms. The maximum Gasteiger partial charge on any atom is 0.226 e. The molecule has 7 aromatic carbocycles. The molecule has 206 valence electrons. The second-order valence-corrected chi connectivity index (χ2v) is 11.3. The molecule has 0 atom stereocenters. The molecule has 0 fully saturated rings. The van der Waals surface area contributed by atoms with Gasteiger partial charge in [0.15, 0.2) is 11.6 Å². The number of aromatic nitrogens is 3. The molecule has 4 nitrogen and oxygen atoms in total. The van der Waals surface area contributed by atoms with Gasteiger partial charge in [0, 0.05) is 21.9 Å². The monoisotopic (exact) mass is 583 g/mol. The minimum atomic E-state index is 0.143. The quantitative estimate of drug-likeness (QED) is 0.194. The SMILES string of the molecule is Clc1nc(-c2cccc(-c3ccc4c5ccccc5c5ccccc5c4c3)c2)nc(-c2cccc3oc4ccccc4c23)n1. The van der Waals surface area contributed by atoms with Crippen LogP contribution in [0.1, 0.15) is 0 Å². The highest BCUT2D eigenvalue weighted by Gasteiger charge is 2.17. The summed E-state index contributed by atoms with van der Waals surface area (Å²) in [6.45, 7) is 0. The zero-order chi connectivity index (χ0) is 29.2. The molecule has 0 N–H and O–H groups in total. The Balaban J connectivity index is 1.19. The standard InChI is InChI=1S/C39H22ClN3O/c40-39-42-37(41-38(43-39)32-16-8-18-35-36(32)31-15-5-6-17-34(31)44-35)25-10-7-9-23(21-25)24-19-20-30-28-13-2-1-11-26(28)27-12-3-4-14-29(27)33(30)22-24/h1-22H. The summed E-state index contributed by atoms with van der Waals surface area (Å²) in [5.41, 5.74) is 5.50. The van der Waals surface area contributed by atoms with Crippen molar-refractivity contribution in [1.29, 1.82) is 0 Å². The van der Waals surface area contributed by atoms with Crippen molar-refractivity contribution in [2.24, 2.45) is 0 Å². The lowest BCUT2D eigenvalue weighted by Crippen LogP contribution is -1.97. The first-order valence-corrected chi connectivity index (χ1v) is 14.9. The van der Waals surface area contributed by atoms with Crippen LogP contribution in [0.3, 0.4) is 0 Å². The van der Waals surface area contributed by atoms with Crippen molar-refractivity contribution in [1.82, 2.24) is 15.0 Å². The van der Waals surface area contributed by atoms with Gasteiger partial charge in [-0.1, -0.05) is 109 Å². The number of halogens is 1. The first-order chi connectivity index (χ1) is 21.7. The fraction of sp³-hybridized carbons (Fsp3) is 0. The van der Waals surface area contributed by atoms with Gasteiger partial charge in [-0.05, 0) is 79.3 Å². The molecule has 0 aliphatic heterocycles. The third-order valence-electron chi connectivity index (χ3n) is 8.45. The Kier molecular flexibility index (Phi) is 5.52. The lowest BCUT2D eigenvalue weighted by atomic mass is 9.92. The molecule has 9 aromatic rings. The molecule has 5 heteroatoms. The molecule has 0 aliphatic carbocycles. The van der Waals surface area contributed by atoms with E-state index in [1.807, 2.05) is 54.6 Å². The van der Waals surface area contributed by atoms with E-state index in [1.54, 1.807) is 0 Å². The van der Waals surface area contributed by atoms with E-state index in [0.717, 1.165) is 44.2 Å². The molecule has 44 heavy (non-hydrogen) atoms. The summed E-state index contributed by atoms with van der Waals surface area (Å²) in [5, 5.41) is 9.62. The molecule has 2 aromatic heterocycles. The highest BCUT2D eigenvalue weighted by molar-refractivity contribution is 6.28. The highest BCUT2D eigenvalue weighted by Crippen LogP contribution is 2.38. The van der Waals surface area contributed by atoms with Crippen molar-refractivity contribution in [2.45, 2.75) is 0 Å². The normalized spacial score (nSPS) is 11.8. The number of benzene rings is 7. The number of furan rings is 1. The van der Waals surface area contributed by atoms with E-state index in [9.17, 15) is 0 Å². The summed E-state index contributed by atoms with van der Waals surface area (Å²) in [6.07, 6.45) is 0. The summed E-state index contributed by atoms with van der Waals surface area (Å²) in [5.74, 6) is 1.02. The topological polar surface area (TPSA) is 51.8 Å². The maximum absolute atomic E-state index is 6.53. The Morgan fingerprint density at radius 2 is 0.977 bits per heavy atom. The van der Waals surface area contributed by atoms with E-state index in [-0.39, 0.29) is 5.28 Å². The summed E-state index contributed by atoms with van der Waals surface area (Å²) in [6, 6.07) is 46.2. The predicted molar refractivity (Wildman–Crippen MR) is 181 cm³/mol. The first kappa shape index (κ1) is 25.0. The zero-order valence-electron chi connectivity index (χ0n) is 23.3. The van der Waals surface area contributed by atoms with Gasteiger partial charge in [0.25, 0.3) is 0 Å². The minimum absolute atomic E-state index is 0.143. The minimum Gasteiger partial charge on any atom is -0.456 e. The van der Waals surface area contributed by atoms with Gasteiger partial charge in [-0.15, -0.1) is 0 Å². The van der Waals surface area contributed by atoms with Gasteiger partial charge in [-0.3, -0.25) is 0 Å². The molecule has 0 unspecified atom stereocenters. The number of hydrogen-bond donors (Lipinski definition) is 0. The van der Waals surface area contributed by atoms with Crippen LogP contribution in [-0.2, 0) is 0 Å². The van der Waals surface area contributed by atoms with Crippen LogP contribution in [0.5, 0.6) is 0 Å². The van der Waals surface area contributed by atoms with Crippen molar-refractivity contribution in [2.75, 3.05) is 0 Å². The summed E-state index contributed by atoms with van der Waals surface area (Å²) in [4.78, 5) is 14.0. The van der Waals surface area contributed by atoms with Crippen LogP contribution in [0, 0.1) is 0 Å². The van der Waals surface area contributed by atoms with Crippen molar-refractivity contribution >= 4 is 65.9 Å². The van der Waals surface area contributed by atoms with E-state index < -0.39 is 0 Å².